The Labute approximate surface area is 163 Å². The molecular formula is C19H31ClN2O3S. The van der Waals surface area contributed by atoms with Gasteiger partial charge in [0.15, 0.2) is 0 Å². The second kappa shape index (κ2) is 10.3. The summed E-state index contributed by atoms with van der Waals surface area (Å²) in [7, 11) is -3.63. The molecule has 0 radical (unpaired) electrons. The van der Waals surface area contributed by atoms with Gasteiger partial charge in [0.2, 0.25) is 10.0 Å². The first-order chi connectivity index (χ1) is 12.1. The topological polar surface area (TPSA) is 66.5 Å². The fourth-order valence-electron chi connectivity index (χ4n) is 2.76. The quantitative estimate of drug-likeness (QED) is 0.633. The number of nitrogens with one attached hydrogen (secondary N) is 1. The van der Waals surface area contributed by atoms with Crippen LogP contribution in [0.15, 0.2) is 23.1 Å². The molecule has 7 heteroatoms. The molecule has 0 aliphatic carbocycles. The van der Waals surface area contributed by atoms with Gasteiger partial charge in [-0.1, -0.05) is 52.1 Å². The van der Waals surface area contributed by atoms with E-state index in [9.17, 15) is 13.2 Å². The molecule has 1 N–H and O–H groups in total. The molecule has 0 saturated carbocycles. The van der Waals surface area contributed by atoms with Crippen molar-refractivity contribution in [3.8, 4) is 0 Å². The van der Waals surface area contributed by atoms with Crippen molar-refractivity contribution in [1.82, 2.24) is 9.62 Å². The van der Waals surface area contributed by atoms with Crippen LogP contribution in [0.5, 0.6) is 0 Å². The second-order valence-corrected chi connectivity index (χ2v) is 9.28. The van der Waals surface area contributed by atoms with Crippen LogP contribution in [0.4, 0.5) is 0 Å². The largest absolute Gasteiger partial charge is 0.350 e. The molecular weight excluding hydrogens is 372 g/mol. The molecule has 26 heavy (non-hydrogen) atoms. The Morgan fingerprint density at radius 2 is 1.77 bits per heavy atom. The van der Waals surface area contributed by atoms with Gasteiger partial charge in [0.25, 0.3) is 5.91 Å². The lowest BCUT2D eigenvalue weighted by atomic mass is 10.0. The third-order valence-corrected chi connectivity index (χ3v) is 6.70. The average Bonchev–Trinajstić information content (AvgIpc) is 2.55. The number of carbonyl (C=O) groups excluding carboxylic acids is 1. The summed E-state index contributed by atoms with van der Waals surface area (Å²) in [5.74, 6) is 0.290. The Morgan fingerprint density at radius 3 is 2.31 bits per heavy atom. The van der Waals surface area contributed by atoms with Gasteiger partial charge in [0, 0.05) is 19.1 Å². The van der Waals surface area contributed by atoms with Crippen LogP contribution in [0.25, 0.3) is 0 Å². The highest BCUT2D eigenvalue weighted by molar-refractivity contribution is 7.89. The van der Waals surface area contributed by atoms with Gasteiger partial charge in [0.1, 0.15) is 0 Å². The number of benzene rings is 1. The molecule has 0 aromatic heterocycles. The highest BCUT2D eigenvalue weighted by atomic mass is 35.5. The monoisotopic (exact) mass is 402 g/mol. The molecule has 0 spiro atoms. The highest BCUT2D eigenvalue weighted by Gasteiger charge is 2.24. The van der Waals surface area contributed by atoms with Crippen molar-refractivity contribution in [3.63, 3.8) is 0 Å². The number of carbonyl (C=O) groups is 1. The molecule has 1 amide bonds. The summed E-state index contributed by atoms with van der Waals surface area (Å²) in [6.07, 6.45) is 3.01. The van der Waals surface area contributed by atoms with Crippen LogP contribution in [0.3, 0.4) is 0 Å². The van der Waals surface area contributed by atoms with E-state index in [1.165, 1.54) is 22.5 Å². The molecule has 0 bridgehead atoms. The van der Waals surface area contributed by atoms with Crippen molar-refractivity contribution < 1.29 is 13.2 Å². The first-order valence-corrected chi connectivity index (χ1v) is 11.1. The van der Waals surface area contributed by atoms with Crippen molar-refractivity contribution >= 4 is 27.5 Å². The zero-order chi connectivity index (χ0) is 19.9. The van der Waals surface area contributed by atoms with Crippen LogP contribution in [0, 0.1) is 5.92 Å². The van der Waals surface area contributed by atoms with Crippen molar-refractivity contribution in [2.24, 2.45) is 5.92 Å². The first kappa shape index (κ1) is 22.9. The molecule has 0 fully saturated rings. The number of rotatable bonds is 10. The van der Waals surface area contributed by atoms with E-state index in [0.717, 1.165) is 19.3 Å². The summed E-state index contributed by atoms with van der Waals surface area (Å²) in [5, 5.41) is 3.16. The molecule has 5 nitrogen and oxygen atoms in total. The smallest absolute Gasteiger partial charge is 0.253 e. The predicted molar refractivity (Wildman–Crippen MR) is 107 cm³/mol. The molecule has 1 unspecified atom stereocenters. The Hall–Kier alpha value is -1.11. The fraction of sp³-hybridized carbons (Fsp3) is 0.632. The van der Waals surface area contributed by atoms with E-state index in [1.807, 2.05) is 6.92 Å². The summed E-state index contributed by atoms with van der Waals surface area (Å²) < 4.78 is 26.7. The maximum atomic E-state index is 12.7. The SMILES string of the molecule is CCN(CC)S(=O)(=O)c1ccc(Cl)c(C(=O)NC(C)CCCC(C)C)c1. The molecule has 1 aromatic carbocycles. The summed E-state index contributed by atoms with van der Waals surface area (Å²) in [4.78, 5) is 12.6. The lowest BCUT2D eigenvalue weighted by Crippen LogP contribution is -2.33. The third-order valence-electron chi connectivity index (χ3n) is 4.32. The number of nitrogens with zero attached hydrogens (tertiary/aromatic N) is 1. The third kappa shape index (κ3) is 6.25. The standard InChI is InChI=1S/C19H31ClN2O3S/c1-6-22(7-2)26(24,25)16-11-12-18(20)17(13-16)19(23)21-15(5)10-8-9-14(3)4/h11-15H,6-10H2,1-5H3,(H,21,23). The van der Waals surface area contributed by atoms with E-state index in [1.54, 1.807) is 13.8 Å². The average molecular weight is 403 g/mol. The van der Waals surface area contributed by atoms with Crippen LogP contribution in [0.1, 0.15) is 64.2 Å². The maximum Gasteiger partial charge on any atom is 0.253 e. The van der Waals surface area contributed by atoms with E-state index in [2.05, 4.69) is 19.2 Å². The summed E-state index contributed by atoms with van der Waals surface area (Å²) >= 11 is 6.15. The second-order valence-electron chi connectivity index (χ2n) is 6.93. The van der Waals surface area contributed by atoms with Gasteiger partial charge in [-0.15, -0.1) is 0 Å². The van der Waals surface area contributed by atoms with Crippen LogP contribution in [-0.4, -0.2) is 37.8 Å². The molecule has 0 aliphatic rings. The van der Waals surface area contributed by atoms with Crippen molar-refractivity contribution in [2.75, 3.05) is 13.1 Å². The lowest BCUT2D eigenvalue weighted by Gasteiger charge is -2.19. The molecule has 1 rings (SSSR count). The molecule has 1 atom stereocenters. The molecule has 0 aliphatic heterocycles. The van der Waals surface area contributed by atoms with E-state index in [0.29, 0.717) is 19.0 Å². The molecule has 148 valence electrons. The van der Waals surface area contributed by atoms with Gasteiger partial charge in [-0.25, -0.2) is 8.42 Å². The van der Waals surface area contributed by atoms with Gasteiger partial charge in [-0.3, -0.25) is 4.79 Å². The summed E-state index contributed by atoms with van der Waals surface area (Å²) in [5.41, 5.74) is 0.190. The van der Waals surface area contributed by atoms with E-state index >= 15 is 0 Å². The van der Waals surface area contributed by atoms with Gasteiger partial charge >= 0.3 is 0 Å². The Kier molecular flexibility index (Phi) is 9.07. The first-order valence-electron chi connectivity index (χ1n) is 9.24. The number of halogens is 1. The van der Waals surface area contributed by atoms with E-state index in [-0.39, 0.29) is 27.4 Å². The lowest BCUT2D eigenvalue weighted by molar-refractivity contribution is 0.0937. The van der Waals surface area contributed by atoms with Gasteiger partial charge in [-0.2, -0.15) is 4.31 Å². The number of sulfonamides is 1. The molecule has 1 aromatic rings. The fourth-order valence-corrected chi connectivity index (χ4v) is 4.45. The number of hydrogen-bond donors (Lipinski definition) is 1. The zero-order valence-electron chi connectivity index (χ0n) is 16.4. The van der Waals surface area contributed by atoms with Crippen LogP contribution in [0.2, 0.25) is 5.02 Å². The Balaban J connectivity index is 2.94. The number of amides is 1. The Bertz CT molecular complexity index is 701. The summed E-state index contributed by atoms with van der Waals surface area (Å²) in [6.45, 7) is 10.6. The summed E-state index contributed by atoms with van der Waals surface area (Å²) in [6, 6.07) is 4.28. The minimum absolute atomic E-state index is 0.000335. The minimum atomic E-state index is -3.63. The molecule has 0 saturated heterocycles. The van der Waals surface area contributed by atoms with E-state index < -0.39 is 10.0 Å². The highest BCUT2D eigenvalue weighted by Crippen LogP contribution is 2.23. The van der Waals surface area contributed by atoms with Crippen LogP contribution < -0.4 is 5.32 Å². The minimum Gasteiger partial charge on any atom is -0.350 e. The van der Waals surface area contributed by atoms with Gasteiger partial charge in [-0.05, 0) is 37.5 Å². The van der Waals surface area contributed by atoms with Gasteiger partial charge in [0.05, 0.1) is 15.5 Å². The Morgan fingerprint density at radius 1 is 1.15 bits per heavy atom. The predicted octanol–water partition coefficient (Wildman–Crippen LogP) is 4.32. The molecule has 0 heterocycles. The van der Waals surface area contributed by atoms with Gasteiger partial charge < -0.3 is 5.32 Å². The van der Waals surface area contributed by atoms with Crippen LogP contribution in [-0.2, 0) is 10.0 Å². The van der Waals surface area contributed by atoms with Crippen LogP contribution >= 0.6 is 11.6 Å². The maximum absolute atomic E-state index is 12.7. The zero-order valence-corrected chi connectivity index (χ0v) is 18.0. The normalized spacial score (nSPS) is 13.2. The van der Waals surface area contributed by atoms with Crippen molar-refractivity contribution in [3.05, 3.63) is 28.8 Å². The van der Waals surface area contributed by atoms with Crippen molar-refractivity contribution in [1.29, 1.82) is 0 Å². The van der Waals surface area contributed by atoms with Crippen molar-refractivity contribution in [2.45, 2.75) is 64.8 Å². The van der Waals surface area contributed by atoms with E-state index in [4.69, 9.17) is 11.6 Å². The number of hydrogen-bond acceptors (Lipinski definition) is 3.